The van der Waals surface area contributed by atoms with E-state index in [1.54, 1.807) is 6.26 Å². The predicted molar refractivity (Wildman–Crippen MR) is 87.1 cm³/mol. The van der Waals surface area contributed by atoms with Crippen molar-refractivity contribution in [1.29, 1.82) is 0 Å². The molecule has 24 heavy (non-hydrogen) atoms. The van der Waals surface area contributed by atoms with E-state index in [0.717, 1.165) is 26.1 Å². The minimum atomic E-state index is 0.267. The molecule has 1 N–H and O–H groups in total. The Bertz CT molecular complexity index is 642. The van der Waals surface area contributed by atoms with E-state index in [4.69, 9.17) is 8.94 Å². The molecule has 7 nitrogen and oxygen atoms in total. The topological polar surface area (TPSA) is 78.8 Å². The van der Waals surface area contributed by atoms with Crippen molar-refractivity contribution in [1.82, 2.24) is 19.9 Å². The van der Waals surface area contributed by atoms with Crippen LogP contribution in [-0.4, -0.2) is 63.4 Å². The molecule has 2 aromatic rings. The summed E-state index contributed by atoms with van der Waals surface area (Å²) >= 11 is 0. The van der Waals surface area contributed by atoms with Crippen molar-refractivity contribution < 1.29 is 14.0 Å². The summed E-state index contributed by atoms with van der Waals surface area (Å²) in [7, 11) is 0. The summed E-state index contributed by atoms with van der Waals surface area (Å²) in [5.41, 5.74) is 0. The van der Waals surface area contributed by atoms with Gasteiger partial charge in [-0.2, -0.15) is 4.98 Å². The zero-order chi connectivity index (χ0) is 16.4. The molecule has 0 amide bonds. The van der Waals surface area contributed by atoms with Crippen LogP contribution in [-0.2, 0) is 6.54 Å². The number of nitrogens with zero attached hydrogens (tertiary/aromatic N) is 4. The van der Waals surface area contributed by atoms with Crippen molar-refractivity contribution in [3.63, 3.8) is 0 Å². The van der Waals surface area contributed by atoms with Gasteiger partial charge in [-0.25, -0.2) is 0 Å². The van der Waals surface area contributed by atoms with Gasteiger partial charge in [0, 0.05) is 18.6 Å². The van der Waals surface area contributed by atoms with Crippen LogP contribution in [0.5, 0.6) is 0 Å². The van der Waals surface area contributed by atoms with Crippen molar-refractivity contribution in [2.24, 2.45) is 0 Å². The lowest BCUT2D eigenvalue weighted by molar-refractivity contribution is 0.115. The first-order chi connectivity index (χ1) is 11.8. The minimum absolute atomic E-state index is 0.267. The van der Waals surface area contributed by atoms with E-state index in [-0.39, 0.29) is 6.61 Å². The van der Waals surface area contributed by atoms with Crippen molar-refractivity contribution in [3.8, 4) is 11.6 Å². The monoisotopic (exact) mass is 332 g/mol. The highest BCUT2D eigenvalue weighted by Gasteiger charge is 2.32. The van der Waals surface area contributed by atoms with Crippen LogP contribution in [0.1, 0.15) is 31.6 Å². The van der Waals surface area contributed by atoms with Crippen molar-refractivity contribution in [2.75, 3.05) is 26.2 Å². The van der Waals surface area contributed by atoms with Gasteiger partial charge in [-0.05, 0) is 50.9 Å². The average Bonchev–Trinajstić information content (AvgIpc) is 3.36. The summed E-state index contributed by atoms with van der Waals surface area (Å²) in [5, 5.41) is 13.5. The van der Waals surface area contributed by atoms with Gasteiger partial charge in [-0.15, -0.1) is 0 Å². The molecule has 0 bridgehead atoms. The predicted octanol–water partition coefficient (Wildman–Crippen LogP) is 1.75. The molecule has 0 spiro atoms. The molecule has 2 fully saturated rings. The Morgan fingerprint density at radius 2 is 2.00 bits per heavy atom. The maximum atomic E-state index is 9.51. The van der Waals surface area contributed by atoms with E-state index in [2.05, 4.69) is 19.9 Å². The molecular weight excluding hydrogens is 308 g/mol. The SMILES string of the molecule is OC[C@H]1CCCN1C[C@H]1CCCN1Cc1nc(-c2ccco2)no1. The van der Waals surface area contributed by atoms with Gasteiger partial charge >= 0.3 is 0 Å². The maximum absolute atomic E-state index is 9.51. The molecule has 0 radical (unpaired) electrons. The minimum Gasteiger partial charge on any atom is -0.461 e. The van der Waals surface area contributed by atoms with Gasteiger partial charge in [0.2, 0.25) is 11.7 Å². The van der Waals surface area contributed by atoms with Crippen LogP contribution in [0.2, 0.25) is 0 Å². The van der Waals surface area contributed by atoms with E-state index in [1.807, 2.05) is 12.1 Å². The first kappa shape index (κ1) is 15.8. The van der Waals surface area contributed by atoms with Gasteiger partial charge in [-0.1, -0.05) is 5.16 Å². The summed E-state index contributed by atoms with van der Waals surface area (Å²) < 4.78 is 10.7. The van der Waals surface area contributed by atoms with Gasteiger partial charge in [0.05, 0.1) is 19.4 Å². The Labute approximate surface area is 141 Å². The second-order valence-electron chi connectivity index (χ2n) is 6.73. The molecule has 0 unspecified atom stereocenters. The standard InChI is InChI=1S/C17H24N4O3/c22-12-14-5-2-7-20(14)10-13-4-1-8-21(13)11-16-18-17(19-24-16)15-6-3-9-23-15/h3,6,9,13-14,22H,1-2,4-5,7-8,10-12H2/t13-,14-/m1/s1. The lowest BCUT2D eigenvalue weighted by Crippen LogP contribution is -2.43. The van der Waals surface area contributed by atoms with Crippen LogP contribution >= 0.6 is 0 Å². The highest BCUT2D eigenvalue weighted by molar-refractivity contribution is 5.44. The first-order valence-electron chi connectivity index (χ1n) is 8.79. The highest BCUT2D eigenvalue weighted by Crippen LogP contribution is 2.25. The lowest BCUT2D eigenvalue weighted by Gasteiger charge is -2.30. The molecule has 130 valence electrons. The number of hydrogen-bond acceptors (Lipinski definition) is 7. The number of hydrogen-bond donors (Lipinski definition) is 1. The Kier molecular flexibility index (Phi) is 4.64. The Hall–Kier alpha value is -1.70. The highest BCUT2D eigenvalue weighted by atomic mass is 16.5. The van der Waals surface area contributed by atoms with E-state index >= 15 is 0 Å². The quantitative estimate of drug-likeness (QED) is 0.863. The molecule has 2 aliphatic heterocycles. The number of aliphatic hydroxyl groups is 1. The zero-order valence-corrected chi connectivity index (χ0v) is 13.8. The second kappa shape index (κ2) is 7.04. The van der Waals surface area contributed by atoms with Crippen LogP contribution in [0.15, 0.2) is 27.3 Å². The summed E-state index contributed by atoms with van der Waals surface area (Å²) in [4.78, 5) is 9.31. The van der Waals surface area contributed by atoms with Crippen LogP contribution in [0.25, 0.3) is 11.6 Å². The third-order valence-corrected chi connectivity index (χ3v) is 5.20. The molecule has 7 heteroatoms. The molecule has 4 heterocycles. The van der Waals surface area contributed by atoms with Crippen molar-refractivity contribution in [2.45, 2.75) is 44.3 Å². The average molecular weight is 332 g/mol. The molecule has 2 saturated heterocycles. The molecule has 4 rings (SSSR count). The molecule has 2 aromatic heterocycles. The third-order valence-electron chi connectivity index (χ3n) is 5.20. The van der Waals surface area contributed by atoms with Gasteiger partial charge in [0.1, 0.15) is 0 Å². The van der Waals surface area contributed by atoms with Crippen molar-refractivity contribution >= 4 is 0 Å². The fourth-order valence-electron chi connectivity index (χ4n) is 3.92. The van der Waals surface area contributed by atoms with Gasteiger partial charge in [0.25, 0.3) is 0 Å². The van der Waals surface area contributed by atoms with E-state index in [1.165, 1.54) is 19.3 Å². The van der Waals surface area contributed by atoms with Crippen molar-refractivity contribution in [3.05, 3.63) is 24.3 Å². The summed E-state index contributed by atoms with van der Waals surface area (Å²) in [6.45, 7) is 4.11. The van der Waals surface area contributed by atoms with Gasteiger partial charge in [0.15, 0.2) is 5.76 Å². The largest absolute Gasteiger partial charge is 0.461 e. The molecular formula is C17H24N4O3. The summed E-state index contributed by atoms with van der Waals surface area (Å²) in [6.07, 6.45) is 6.29. The molecule has 0 aromatic carbocycles. The van der Waals surface area contributed by atoms with Gasteiger partial charge in [-0.3, -0.25) is 9.80 Å². The fraction of sp³-hybridized carbons (Fsp3) is 0.647. The van der Waals surface area contributed by atoms with Crippen LogP contribution < -0.4 is 0 Å². The van der Waals surface area contributed by atoms with Crippen LogP contribution in [0, 0.1) is 0 Å². The molecule has 0 saturated carbocycles. The van der Waals surface area contributed by atoms with Crippen LogP contribution in [0.4, 0.5) is 0 Å². The zero-order valence-electron chi connectivity index (χ0n) is 13.8. The van der Waals surface area contributed by atoms with E-state index < -0.39 is 0 Å². The second-order valence-corrected chi connectivity index (χ2v) is 6.73. The molecule has 0 aliphatic carbocycles. The number of aliphatic hydroxyl groups excluding tert-OH is 1. The lowest BCUT2D eigenvalue weighted by atomic mass is 10.2. The number of likely N-dealkylation sites (tertiary alicyclic amines) is 2. The Morgan fingerprint density at radius 1 is 1.17 bits per heavy atom. The molecule has 2 aliphatic rings. The molecule has 2 atom stereocenters. The maximum Gasteiger partial charge on any atom is 0.241 e. The number of rotatable bonds is 6. The smallest absolute Gasteiger partial charge is 0.241 e. The number of furan rings is 1. The third kappa shape index (κ3) is 3.24. The van der Waals surface area contributed by atoms with Crippen LogP contribution in [0.3, 0.4) is 0 Å². The summed E-state index contributed by atoms with van der Waals surface area (Å²) in [6, 6.07) is 4.48. The fourth-order valence-corrected chi connectivity index (χ4v) is 3.92. The van der Waals surface area contributed by atoms with E-state index in [0.29, 0.717) is 36.1 Å². The van der Waals surface area contributed by atoms with E-state index in [9.17, 15) is 5.11 Å². The van der Waals surface area contributed by atoms with Gasteiger partial charge < -0.3 is 14.0 Å². The first-order valence-corrected chi connectivity index (χ1v) is 8.79. The number of aromatic nitrogens is 2. The normalized spacial score (nSPS) is 25.7. The Morgan fingerprint density at radius 3 is 2.79 bits per heavy atom. The summed E-state index contributed by atoms with van der Waals surface area (Å²) in [5.74, 6) is 1.77. The Balaban J connectivity index is 1.38.